The van der Waals surface area contributed by atoms with Gasteiger partial charge in [0.15, 0.2) is 0 Å². The molecule has 10 nitrogen and oxygen atoms in total. The van der Waals surface area contributed by atoms with Crippen molar-refractivity contribution in [3.05, 3.63) is 0 Å². The average Bonchev–Trinajstić information content (AvgIpc) is 0.722. The van der Waals surface area contributed by atoms with E-state index in [4.69, 9.17) is 19.2 Å². The molecule has 0 aromatic heterocycles. The molecular formula is H18Cl2K3MgO10P. The minimum atomic E-state index is -4.64. The first kappa shape index (κ1) is 110. The van der Waals surface area contributed by atoms with Gasteiger partial charge in [-0.3, -0.25) is 0 Å². The topological polar surface area (TPSA) is 267 Å². The molecule has 0 rings (SSSR count). The Morgan fingerprint density at radius 2 is 0.647 bits per heavy atom. The quantitative estimate of drug-likeness (QED) is 0.254. The summed E-state index contributed by atoms with van der Waals surface area (Å²) in [7, 11) is -4.64. The summed E-state index contributed by atoms with van der Waals surface area (Å²) in [6.45, 7) is 0. The normalized spacial score (nSPS) is 3.47. The molecule has 102 valence electrons. The maximum atomic E-state index is 8.88. The van der Waals surface area contributed by atoms with Crippen LogP contribution >= 0.6 is 7.82 Å². The number of halogens is 2. The van der Waals surface area contributed by atoms with Crippen molar-refractivity contribution in [2.45, 2.75) is 0 Å². The smallest absolute Gasteiger partial charge is 1.00 e. The molecule has 0 radical (unpaired) electrons. The van der Waals surface area contributed by atoms with E-state index in [-0.39, 0.29) is 239 Å². The molecule has 0 bridgehead atoms. The first-order valence-electron chi connectivity index (χ1n) is 0.783. The number of hydrogen-bond acceptors (Lipinski definition) is 1. The molecule has 17 heteroatoms. The van der Waals surface area contributed by atoms with Crippen LogP contribution in [0.25, 0.3) is 0 Å². The van der Waals surface area contributed by atoms with E-state index in [9.17, 15) is 0 Å². The largest absolute Gasteiger partial charge is 2.00 e. The molecule has 0 unspecified atom stereocenters. The summed E-state index contributed by atoms with van der Waals surface area (Å²) in [5.74, 6) is 0. The molecule has 0 heterocycles. The molecule has 17 heavy (non-hydrogen) atoms. The Hall–Kier alpha value is 6.13. The van der Waals surface area contributed by atoms with Crippen molar-refractivity contribution < 1.29 is 235 Å². The zero-order valence-electron chi connectivity index (χ0n) is 12.7. The average molecular weight is 422 g/mol. The Kier molecular flexibility index (Phi) is 436. The fourth-order valence-corrected chi connectivity index (χ4v) is 0. The van der Waals surface area contributed by atoms with Crippen molar-refractivity contribution in [1.29, 1.82) is 0 Å². The zero-order valence-corrected chi connectivity index (χ0v) is 22.8. The van der Waals surface area contributed by atoms with Gasteiger partial charge in [-0.05, 0) is 0 Å². The van der Waals surface area contributed by atoms with E-state index in [1.165, 1.54) is 0 Å². The Labute approximate surface area is 259 Å². The number of hydrogen-bond donors (Lipinski definition) is 3. The Bertz CT molecular complexity index is 87.9. The molecule has 0 aliphatic carbocycles. The van der Waals surface area contributed by atoms with Crippen molar-refractivity contribution in [2.24, 2.45) is 0 Å². The second-order valence-electron chi connectivity index (χ2n) is 0.513. The van der Waals surface area contributed by atoms with E-state index in [0.29, 0.717) is 0 Å². The van der Waals surface area contributed by atoms with Crippen molar-refractivity contribution in [3.63, 3.8) is 0 Å². The number of phosphoric acid groups is 1. The van der Waals surface area contributed by atoms with Crippen LogP contribution in [-0.4, -0.2) is 70.6 Å². The molecule has 0 amide bonds. The van der Waals surface area contributed by atoms with E-state index < -0.39 is 7.82 Å². The van der Waals surface area contributed by atoms with Crippen LogP contribution in [-0.2, 0) is 4.57 Å². The van der Waals surface area contributed by atoms with Gasteiger partial charge >= 0.3 is 185 Å². The van der Waals surface area contributed by atoms with Crippen LogP contribution in [0.5, 0.6) is 0 Å². The minimum Gasteiger partial charge on any atom is -1.00 e. The van der Waals surface area contributed by atoms with Crippen molar-refractivity contribution in [3.8, 4) is 0 Å². The molecule has 0 aliphatic heterocycles. The van der Waals surface area contributed by atoms with Gasteiger partial charge < -0.3 is 76.6 Å². The maximum absolute atomic E-state index is 8.88. The third kappa shape index (κ3) is 239. The van der Waals surface area contributed by atoms with Gasteiger partial charge in [-0.1, -0.05) is 0 Å². The van der Waals surface area contributed by atoms with Gasteiger partial charge in [0, 0.05) is 0 Å². The predicted octanol–water partition coefficient (Wildman–Crippen LogP) is -20.9. The Balaban J connectivity index is -0.000000000762. The minimum absolute atomic E-state index is 0. The number of rotatable bonds is 0. The summed E-state index contributed by atoms with van der Waals surface area (Å²) in [6.07, 6.45) is 0. The monoisotopic (exact) mass is 420 g/mol. The summed E-state index contributed by atoms with van der Waals surface area (Å²) in [6, 6.07) is 0. The van der Waals surface area contributed by atoms with Gasteiger partial charge in [-0.25, -0.2) is 4.57 Å². The van der Waals surface area contributed by atoms with Crippen LogP contribution in [0.2, 0.25) is 0 Å². The van der Waals surface area contributed by atoms with E-state index >= 15 is 0 Å². The summed E-state index contributed by atoms with van der Waals surface area (Å²) >= 11 is 0. The molecule has 0 atom stereocenters. The Morgan fingerprint density at radius 3 is 0.647 bits per heavy atom. The molecule has 0 spiro atoms. The summed E-state index contributed by atoms with van der Waals surface area (Å²) < 4.78 is 8.88. The molecule has 0 aromatic carbocycles. The summed E-state index contributed by atoms with van der Waals surface area (Å²) in [4.78, 5) is 21.6. The van der Waals surface area contributed by atoms with E-state index in [0.717, 1.165) is 0 Å². The third-order valence-electron chi connectivity index (χ3n) is 0. The molecule has 0 aromatic rings. The van der Waals surface area contributed by atoms with Crippen molar-refractivity contribution in [2.75, 3.05) is 0 Å². The van der Waals surface area contributed by atoms with Crippen LogP contribution in [0.4, 0.5) is 0 Å². The maximum Gasteiger partial charge on any atom is 2.00 e. The van der Waals surface area contributed by atoms with Crippen LogP contribution in [0, 0.1) is 0 Å². The van der Waals surface area contributed by atoms with Crippen LogP contribution in [0.1, 0.15) is 4.28 Å². The van der Waals surface area contributed by atoms with Crippen LogP contribution in [0.3, 0.4) is 0 Å². The first-order valence-corrected chi connectivity index (χ1v) is 2.35. The van der Waals surface area contributed by atoms with Gasteiger partial charge in [0.25, 0.3) is 0 Å². The summed E-state index contributed by atoms with van der Waals surface area (Å²) in [5, 5.41) is 0. The van der Waals surface area contributed by atoms with E-state index in [1.54, 1.807) is 0 Å². The molecule has 0 fully saturated rings. The van der Waals surface area contributed by atoms with Gasteiger partial charge in [-0.15, -0.1) is 0 Å². The standard InChI is InChI=1S/2ClH.3K.Mg.H3O4P.6H2O.3H/c;;;;;;1-5(2,3)4;;;;;;;;;/h2*1H;;;;;(H3,1,2,3,4);6*1H2;;;/q;;3*+1;+2;;;;;;;;3*-1/p-2. The van der Waals surface area contributed by atoms with Crippen LogP contribution < -0.4 is 179 Å². The Morgan fingerprint density at radius 1 is 0.647 bits per heavy atom. The van der Waals surface area contributed by atoms with Gasteiger partial charge in [0.1, 0.15) is 0 Å². The fourth-order valence-electron chi connectivity index (χ4n) is 0. The van der Waals surface area contributed by atoms with Gasteiger partial charge in [0.05, 0.1) is 0 Å². The van der Waals surface area contributed by atoms with Crippen LogP contribution in [0.15, 0.2) is 0 Å². The van der Waals surface area contributed by atoms with E-state index in [2.05, 4.69) is 0 Å². The first-order chi connectivity index (χ1) is 2.00. The fraction of sp³-hybridized carbons (Fsp3) is 0. The van der Waals surface area contributed by atoms with E-state index in [1.807, 2.05) is 0 Å². The zero-order chi connectivity index (χ0) is 4.50. The second kappa shape index (κ2) is 67.2. The SMILES string of the molecule is O.O.O.O.O.O.O=P(O)(O)O.[Cl-].[Cl-].[H-].[H-].[H-].[K+].[K+].[K+].[Mg+2]. The molecule has 0 saturated carbocycles. The predicted molar refractivity (Wildman–Crippen MR) is 45.0 cm³/mol. The van der Waals surface area contributed by atoms with Gasteiger partial charge in [-0.2, -0.15) is 0 Å². The molecule has 0 saturated heterocycles. The summed E-state index contributed by atoms with van der Waals surface area (Å²) in [5.41, 5.74) is 0. The van der Waals surface area contributed by atoms with Gasteiger partial charge in [0.2, 0.25) is 0 Å². The third-order valence-corrected chi connectivity index (χ3v) is 0. The van der Waals surface area contributed by atoms with Crippen molar-refractivity contribution in [1.82, 2.24) is 0 Å². The van der Waals surface area contributed by atoms with Crippen molar-refractivity contribution >= 4 is 30.9 Å². The molecular weight excluding hydrogens is 403 g/mol. The molecule has 0 aliphatic rings. The second-order valence-corrected chi connectivity index (χ2v) is 1.54. The molecule has 15 N–H and O–H groups in total.